The second-order valence-corrected chi connectivity index (χ2v) is 5.34. The van der Waals surface area contributed by atoms with E-state index in [1.54, 1.807) is 6.20 Å². The molecule has 116 valence electrons. The number of fused-ring (bicyclic) bond motifs is 1. The van der Waals surface area contributed by atoms with E-state index in [1.165, 1.54) is 0 Å². The van der Waals surface area contributed by atoms with Crippen LogP contribution in [0.1, 0.15) is 12.6 Å². The lowest BCUT2D eigenvalue weighted by molar-refractivity contribution is 1.13. The minimum absolute atomic E-state index is 0.465. The Morgan fingerprint density at radius 1 is 1.26 bits per heavy atom. The number of nitrogens with zero attached hydrogens (tertiary/aromatic N) is 2. The number of aliphatic imine (C=N–C) groups is 1. The number of hydrogen-bond acceptors (Lipinski definition) is 4. The number of H-pyrrole nitrogens is 2. The molecule has 1 aromatic carbocycles. The van der Waals surface area contributed by atoms with Crippen molar-refractivity contribution in [3.63, 3.8) is 0 Å². The number of aromatic amines is 2. The van der Waals surface area contributed by atoms with Gasteiger partial charge in [0, 0.05) is 11.9 Å². The summed E-state index contributed by atoms with van der Waals surface area (Å²) in [7, 11) is 0. The molecule has 3 aromatic rings. The van der Waals surface area contributed by atoms with Crippen LogP contribution in [0.3, 0.4) is 0 Å². The zero-order valence-corrected chi connectivity index (χ0v) is 13.5. The molecule has 0 radical (unpaired) electrons. The van der Waals surface area contributed by atoms with Gasteiger partial charge < -0.3 is 15.3 Å². The van der Waals surface area contributed by atoms with Gasteiger partial charge in [0.2, 0.25) is 0 Å². The second-order valence-electron chi connectivity index (χ2n) is 4.93. The van der Waals surface area contributed by atoms with Gasteiger partial charge in [-0.3, -0.25) is 9.98 Å². The molecule has 0 fully saturated rings. The maximum atomic E-state index is 5.09. The van der Waals surface area contributed by atoms with Crippen molar-refractivity contribution in [2.24, 2.45) is 4.99 Å². The van der Waals surface area contributed by atoms with Crippen molar-refractivity contribution in [2.75, 3.05) is 12.0 Å². The number of nitrogens with one attached hydrogen (secondary N) is 3. The third-order valence-electron chi connectivity index (χ3n) is 3.30. The minimum atomic E-state index is 0.465. The average molecular weight is 323 g/mol. The third kappa shape index (κ3) is 3.73. The van der Waals surface area contributed by atoms with Crippen LogP contribution in [-0.2, 0) is 0 Å². The Morgan fingerprint density at radius 3 is 2.91 bits per heavy atom. The summed E-state index contributed by atoms with van der Waals surface area (Å²) in [5, 5.41) is 3.29. The van der Waals surface area contributed by atoms with Crippen molar-refractivity contribution in [2.45, 2.75) is 6.92 Å². The Bertz CT molecular complexity index is 905. The Morgan fingerprint density at radius 2 is 2.13 bits per heavy atom. The molecule has 3 N–H and O–H groups in total. The molecular weight excluding hydrogens is 306 g/mol. The quantitative estimate of drug-likeness (QED) is 0.490. The zero-order valence-electron chi connectivity index (χ0n) is 12.7. The van der Waals surface area contributed by atoms with Gasteiger partial charge >= 0.3 is 0 Å². The summed E-state index contributed by atoms with van der Waals surface area (Å²) in [4.78, 5) is 15.1. The Hall–Kier alpha value is -2.73. The van der Waals surface area contributed by atoms with Crippen LogP contribution < -0.4 is 5.32 Å². The standard InChI is InChI=1S/C17H17N5S/c1-2-5-13(14-6-3-4-9-18-14)20-11-19-12-7-8-15-16(10-12)22-17(23)21-15/h2-10,19H,11H2,1H3,(H2,21,22,23)/b5-2-,20-13+. The average Bonchev–Trinajstić information content (AvgIpc) is 2.94. The van der Waals surface area contributed by atoms with E-state index in [4.69, 9.17) is 12.2 Å². The van der Waals surface area contributed by atoms with Crippen LogP contribution in [-0.4, -0.2) is 27.3 Å². The van der Waals surface area contributed by atoms with E-state index in [2.05, 4.69) is 25.3 Å². The molecule has 23 heavy (non-hydrogen) atoms. The first-order valence-corrected chi connectivity index (χ1v) is 7.71. The number of anilines is 1. The number of pyridine rings is 1. The number of hydrogen-bond donors (Lipinski definition) is 3. The predicted octanol–water partition coefficient (Wildman–Crippen LogP) is 4.06. The molecule has 0 aliphatic rings. The number of benzene rings is 1. The first kappa shape index (κ1) is 15.2. The maximum absolute atomic E-state index is 5.09. The van der Waals surface area contributed by atoms with Crippen molar-refractivity contribution >= 4 is 34.7 Å². The van der Waals surface area contributed by atoms with Gasteiger partial charge in [0.25, 0.3) is 0 Å². The van der Waals surface area contributed by atoms with Crippen molar-refractivity contribution in [3.8, 4) is 0 Å². The van der Waals surface area contributed by atoms with Gasteiger partial charge in [0.15, 0.2) is 4.77 Å². The van der Waals surface area contributed by atoms with E-state index in [1.807, 2.05) is 55.5 Å². The van der Waals surface area contributed by atoms with Gasteiger partial charge in [-0.2, -0.15) is 0 Å². The molecule has 2 heterocycles. The van der Waals surface area contributed by atoms with Crippen LogP contribution in [0.4, 0.5) is 5.69 Å². The lowest BCUT2D eigenvalue weighted by Gasteiger charge is -2.05. The third-order valence-corrected chi connectivity index (χ3v) is 3.50. The first-order valence-electron chi connectivity index (χ1n) is 7.31. The molecule has 3 rings (SSSR count). The van der Waals surface area contributed by atoms with Crippen molar-refractivity contribution in [1.29, 1.82) is 0 Å². The van der Waals surface area contributed by atoms with Gasteiger partial charge in [-0.15, -0.1) is 0 Å². The summed E-state index contributed by atoms with van der Waals surface area (Å²) < 4.78 is 0.626. The smallest absolute Gasteiger partial charge is 0.175 e. The molecular formula is C17H17N5S. The summed E-state index contributed by atoms with van der Waals surface area (Å²) in [6.07, 6.45) is 5.68. The first-order chi connectivity index (χ1) is 11.3. The molecule has 0 atom stereocenters. The molecule has 0 spiro atoms. The van der Waals surface area contributed by atoms with Crippen molar-refractivity contribution < 1.29 is 0 Å². The predicted molar refractivity (Wildman–Crippen MR) is 97.6 cm³/mol. The lowest BCUT2D eigenvalue weighted by atomic mass is 10.2. The van der Waals surface area contributed by atoms with Crippen molar-refractivity contribution in [3.05, 3.63) is 65.2 Å². The number of imidazole rings is 1. The molecule has 0 aliphatic heterocycles. The van der Waals surface area contributed by atoms with E-state index in [-0.39, 0.29) is 0 Å². The molecule has 0 bridgehead atoms. The van der Waals surface area contributed by atoms with Gasteiger partial charge in [0.05, 0.1) is 22.4 Å². The molecule has 0 unspecified atom stereocenters. The minimum Gasteiger partial charge on any atom is -0.366 e. The Balaban J connectivity index is 1.75. The van der Waals surface area contributed by atoms with Gasteiger partial charge in [0.1, 0.15) is 6.67 Å². The summed E-state index contributed by atoms with van der Waals surface area (Å²) in [5.41, 5.74) is 4.65. The summed E-state index contributed by atoms with van der Waals surface area (Å²) in [6, 6.07) is 11.8. The molecule has 5 nitrogen and oxygen atoms in total. The molecule has 2 aromatic heterocycles. The fourth-order valence-corrected chi connectivity index (χ4v) is 2.47. The number of allylic oxidation sites excluding steroid dienone is 2. The van der Waals surface area contributed by atoms with E-state index in [0.717, 1.165) is 28.1 Å². The summed E-state index contributed by atoms with van der Waals surface area (Å²) >= 11 is 5.09. The Labute approximate surface area is 139 Å². The van der Waals surface area contributed by atoms with Crippen LogP contribution in [0.25, 0.3) is 11.0 Å². The van der Waals surface area contributed by atoms with Gasteiger partial charge in [-0.1, -0.05) is 12.1 Å². The molecule has 6 heteroatoms. The van der Waals surface area contributed by atoms with Crippen LogP contribution >= 0.6 is 12.2 Å². The highest BCUT2D eigenvalue weighted by Crippen LogP contribution is 2.16. The topological polar surface area (TPSA) is 68.9 Å². The maximum Gasteiger partial charge on any atom is 0.175 e. The molecule has 0 saturated heterocycles. The Kier molecular flexibility index (Phi) is 4.63. The number of aromatic nitrogens is 3. The van der Waals surface area contributed by atoms with E-state index < -0.39 is 0 Å². The van der Waals surface area contributed by atoms with E-state index >= 15 is 0 Å². The largest absolute Gasteiger partial charge is 0.366 e. The number of rotatable bonds is 5. The second kappa shape index (κ2) is 7.02. The monoisotopic (exact) mass is 323 g/mol. The highest BCUT2D eigenvalue weighted by atomic mass is 32.1. The van der Waals surface area contributed by atoms with Gasteiger partial charge in [-0.05, 0) is 55.5 Å². The lowest BCUT2D eigenvalue weighted by Crippen LogP contribution is -2.05. The van der Waals surface area contributed by atoms with Crippen LogP contribution in [0, 0.1) is 4.77 Å². The normalized spacial score (nSPS) is 12.1. The highest BCUT2D eigenvalue weighted by Gasteiger charge is 2.01. The SMILES string of the molecule is C/C=C\C(=N/CNc1ccc2[nH]c(=S)[nH]c2c1)c1ccccn1. The molecule has 0 amide bonds. The zero-order chi connectivity index (χ0) is 16.1. The summed E-state index contributed by atoms with van der Waals surface area (Å²) in [5.74, 6) is 0. The van der Waals surface area contributed by atoms with E-state index in [0.29, 0.717) is 11.4 Å². The highest BCUT2D eigenvalue weighted by molar-refractivity contribution is 7.71. The van der Waals surface area contributed by atoms with Crippen LogP contribution in [0.15, 0.2) is 59.7 Å². The van der Waals surface area contributed by atoms with Crippen LogP contribution in [0.5, 0.6) is 0 Å². The molecule has 0 saturated carbocycles. The van der Waals surface area contributed by atoms with E-state index in [9.17, 15) is 0 Å². The molecule has 0 aliphatic carbocycles. The fourth-order valence-electron chi connectivity index (χ4n) is 2.25. The van der Waals surface area contributed by atoms with Gasteiger partial charge in [-0.25, -0.2) is 0 Å². The van der Waals surface area contributed by atoms with Crippen LogP contribution in [0.2, 0.25) is 0 Å². The summed E-state index contributed by atoms with van der Waals surface area (Å²) in [6.45, 7) is 2.43. The fraction of sp³-hybridized carbons (Fsp3) is 0.118. The van der Waals surface area contributed by atoms with Crippen molar-refractivity contribution in [1.82, 2.24) is 15.0 Å².